The second kappa shape index (κ2) is 9.18. The Bertz CT molecular complexity index is 976. The molecule has 0 aliphatic carbocycles. The van der Waals surface area contributed by atoms with Crippen molar-refractivity contribution in [1.29, 1.82) is 0 Å². The molecule has 0 aliphatic rings. The Labute approximate surface area is 177 Å². The molecule has 156 valence electrons. The number of benzene rings is 2. The molecule has 3 rings (SSSR count). The van der Waals surface area contributed by atoms with Crippen LogP contribution in [0, 0.1) is 6.92 Å². The monoisotopic (exact) mass is 413 g/mol. The number of aromatic hydroxyl groups is 1. The molecule has 0 saturated heterocycles. The molecular formula is C23H31N3O2S. The lowest BCUT2D eigenvalue weighted by Gasteiger charge is -2.22. The average Bonchev–Trinajstić information content (AvgIpc) is 3.08. The van der Waals surface area contributed by atoms with Gasteiger partial charge in [0.15, 0.2) is 0 Å². The van der Waals surface area contributed by atoms with E-state index in [9.17, 15) is 5.11 Å². The Hall–Kier alpha value is -2.05. The Balaban J connectivity index is 1.81. The lowest BCUT2D eigenvalue weighted by Crippen LogP contribution is -2.13. The first-order valence-corrected chi connectivity index (χ1v) is 11.2. The number of thioether (sulfide) groups is 1. The van der Waals surface area contributed by atoms with E-state index < -0.39 is 0 Å². The van der Waals surface area contributed by atoms with Crippen LogP contribution in [0.2, 0.25) is 0 Å². The van der Waals surface area contributed by atoms with E-state index in [1.54, 1.807) is 4.80 Å². The van der Waals surface area contributed by atoms with Gasteiger partial charge >= 0.3 is 0 Å². The van der Waals surface area contributed by atoms with Crippen molar-refractivity contribution in [1.82, 2.24) is 15.0 Å². The van der Waals surface area contributed by atoms with Crippen LogP contribution in [-0.2, 0) is 5.41 Å². The second-order valence-electron chi connectivity index (χ2n) is 8.56. The van der Waals surface area contributed by atoms with Gasteiger partial charge in [0, 0.05) is 17.1 Å². The maximum Gasteiger partial charge on any atom is 0.146 e. The minimum absolute atomic E-state index is 0.168. The molecule has 0 fully saturated rings. The van der Waals surface area contributed by atoms with Crippen LogP contribution in [0.5, 0.6) is 5.75 Å². The summed E-state index contributed by atoms with van der Waals surface area (Å²) in [6.45, 7) is 8.58. The molecule has 0 aliphatic heterocycles. The summed E-state index contributed by atoms with van der Waals surface area (Å²) < 4.78 is 0. The molecule has 29 heavy (non-hydrogen) atoms. The van der Waals surface area contributed by atoms with Gasteiger partial charge in [0.05, 0.1) is 0 Å². The highest BCUT2D eigenvalue weighted by Crippen LogP contribution is 2.36. The van der Waals surface area contributed by atoms with Crippen molar-refractivity contribution in [3.63, 3.8) is 0 Å². The van der Waals surface area contributed by atoms with Gasteiger partial charge in [-0.2, -0.15) is 0 Å². The minimum atomic E-state index is -0.168. The quantitative estimate of drug-likeness (QED) is 0.383. The highest BCUT2D eigenvalue weighted by molar-refractivity contribution is 7.99. The summed E-state index contributed by atoms with van der Waals surface area (Å²) in [5, 5.41) is 28.9. The van der Waals surface area contributed by atoms with Crippen molar-refractivity contribution in [3.8, 4) is 11.4 Å². The Kier molecular flexibility index (Phi) is 6.85. The largest absolute Gasteiger partial charge is 0.505 e. The Morgan fingerprint density at radius 3 is 2.41 bits per heavy atom. The molecule has 5 nitrogen and oxygen atoms in total. The Morgan fingerprint density at radius 1 is 0.966 bits per heavy atom. The van der Waals surface area contributed by atoms with Crippen LogP contribution in [0.25, 0.3) is 16.7 Å². The molecule has 3 aromatic rings. The third-order valence-corrected chi connectivity index (χ3v) is 6.01. The first-order valence-electron chi connectivity index (χ1n) is 10.2. The summed E-state index contributed by atoms with van der Waals surface area (Å²) in [6.07, 6.45) is 4.26. The molecule has 6 heteroatoms. The summed E-state index contributed by atoms with van der Waals surface area (Å²) in [4.78, 5) is 2.72. The van der Waals surface area contributed by atoms with Crippen LogP contribution in [0.15, 0.2) is 35.2 Å². The van der Waals surface area contributed by atoms with Gasteiger partial charge in [-0.25, -0.2) is 0 Å². The predicted molar refractivity (Wildman–Crippen MR) is 120 cm³/mol. The van der Waals surface area contributed by atoms with Gasteiger partial charge < -0.3 is 10.2 Å². The molecule has 0 spiro atoms. The fourth-order valence-electron chi connectivity index (χ4n) is 3.33. The third kappa shape index (κ3) is 5.31. The molecule has 2 N–H and O–H groups in total. The van der Waals surface area contributed by atoms with Gasteiger partial charge in [-0.05, 0) is 60.8 Å². The maximum atomic E-state index is 10.9. The number of rotatable bonds is 8. The first kappa shape index (κ1) is 21.7. The topological polar surface area (TPSA) is 71.2 Å². The number of hydrogen-bond acceptors (Lipinski definition) is 5. The molecule has 0 unspecified atom stereocenters. The lowest BCUT2D eigenvalue weighted by atomic mass is 9.85. The number of aliphatic hydroxyl groups excluding tert-OH is 1. The van der Waals surface area contributed by atoms with E-state index in [2.05, 4.69) is 43.1 Å². The number of aromatic nitrogens is 3. The first-order chi connectivity index (χ1) is 13.8. The van der Waals surface area contributed by atoms with Gasteiger partial charge in [-0.3, -0.25) is 0 Å². The number of phenols is 1. The maximum absolute atomic E-state index is 10.9. The van der Waals surface area contributed by atoms with Crippen LogP contribution in [0.4, 0.5) is 0 Å². The average molecular weight is 414 g/mol. The number of hydrogen-bond donors (Lipinski definition) is 2. The number of phenolic OH excluding ortho intramolecular Hbond substituents is 1. The van der Waals surface area contributed by atoms with Crippen LogP contribution >= 0.6 is 11.8 Å². The number of unbranched alkanes of at least 4 members (excludes halogenated alkanes) is 3. The highest BCUT2D eigenvalue weighted by Gasteiger charge is 2.22. The zero-order valence-corrected chi connectivity index (χ0v) is 18.6. The van der Waals surface area contributed by atoms with Crippen LogP contribution < -0.4 is 0 Å². The summed E-state index contributed by atoms with van der Waals surface area (Å²) in [5.74, 6) is 1.29. The molecule has 0 saturated carbocycles. The summed E-state index contributed by atoms with van der Waals surface area (Å²) in [7, 11) is 0. The normalized spacial score (nSPS) is 12.0. The molecule has 0 atom stereocenters. The van der Waals surface area contributed by atoms with Gasteiger partial charge in [0.25, 0.3) is 0 Å². The van der Waals surface area contributed by atoms with Gasteiger partial charge in [-0.15, -0.1) is 26.8 Å². The van der Waals surface area contributed by atoms with Crippen LogP contribution in [0.3, 0.4) is 0 Å². The molecule has 0 amide bonds. The predicted octanol–water partition coefficient (Wildman–Crippen LogP) is 5.38. The minimum Gasteiger partial charge on any atom is -0.505 e. The number of aliphatic hydroxyl groups is 1. The third-order valence-electron chi connectivity index (χ3n) is 4.93. The van der Waals surface area contributed by atoms with E-state index in [1.165, 1.54) is 4.90 Å². The second-order valence-corrected chi connectivity index (χ2v) is 9.72. The fourth-order valence-corrected chi connectivity index (χ4v) is 4.28. The number of nitrogens with zero attached hydrogens (tertiary/aromatic N) is 3. The molecule has 1 heterocycles. The molecule has 0 radical (unpaired) electrons. The molecule has 2 aromatic carbocycles. The van der Waals surface area contributed by atoms with Crippen molar-refractivity contribution in [2.75, 3.05) is 12.4 Å². The van der Waals surface area contributed by atoms with Crippen molar-refractivity contribution in [2.45, 2.75) is 63.7 Å². The van der Waals surface area contributed by atoms with Gasteiger partial charge in [0.1, 0.15) is 22.5 Å². The molecule has 1 aromatic heterocycles. The van der Waals surface area contributed by atoms with Crippen molar-refractivity contribution in [3.05, 3.63) is 41.5 Å². The van der Waals surface area contributed by atoms with E-state index in [1.807, 2.05) is 36.9 Å². The van der Waals surface area contributed by atoms with Crippen molar-refractivity contribution in [2.24, 2.45) is 0 Å². The standard InChI is InChI=1S/C23H31N3O2S/c1-16-13-18(23(2,3)4)22(28)21(14-16)26-24-19-10-9-17(15-20(19)25-26)29-12-8-6-5-7-11-27/h9-10,13-15,27-28H,5-8,11-12H2,1-4H3. The van der Waals surface area contributed by atoms with Crippen molar-refractivity contribution < 1.29 is 10.2 Å². The van der Waals surface area contributed by atoms with Crippen molar-refractivity contribution >= 4 is 22.8 Å². The number of aryl methyl sites for hydroxylation is 1. The zero-order valence-electron chi connectivity index (χ0n) is 17.8. The number of fused-ring (bicyclic) bond motifs is 1. The SMILES string of the molecule is Cc1cc(-n2nc3ccc(SCCCCCCO)cc3n2)c(O)c(C(C)(C)C)c1. The summed E-state index contributed by atoms with van der Waals surface area (Å²) in [6, 6.07) is 10.1. The van der Waals surface area contributed by atoms with E-state index in [0.717, 1.165) is 53.6 Å². The Morgan fingerprint density at radius 2 is 1.69 bits per heavy atom. The van der Waals surface area contributed by atoms with Crippen LogP contribution in [0.1, 0.15) is 57.6 Å². The van der Waals surface area contributed by atoms with E-state index in [-0.39, 0.29) is 17.8 Å². The van der Waals surface area contributed by atoms with E-state index in [0.29, 0.717) is 5.69 Å². The molecular weight excluding hydrogens is 382 g/mol. The van der Waals surface area contributed by atoms with E-state index in [4.69, 9.17) is 5.11 Å². The zero-order chi connectivity index (χ0) is 21.0. The smallest absolute Gasteiger partial charge is 0.146 e. The van der Waals surface area contributed by atoms with Gasteiger partial charge in [-0.1, -0.05) is 39.7 Å². The highest BCUT2D eigenvalue weighted by atomic mass is 32.2. The lowest BCUT2D eigenvalue weighted by molar-refractivity contribution is 0.283. The van der Waals surface area contributed by atoms with Gasteiger partial charge in [0.2, 0.25) is 0 Å². The van der Waals surface area contributed by atoms with E-state index >= 15 is 0 Å². The fraction of sp³-hybridized carbons (Fsp3) is 0.478. The summed E-state index contributed by atoms with van der Waals surface area (Å²) >= 11 is 1.82. The molecule has 0 bridgehead atoms. The van der Waals surface area contributed by atoms with Crippen LogP contribution in [-0.4, -0.2) is 37.6 Å². The summed E-state index contributed by atoms with van der Waals surface area (Å²) in [5.41, 5.74) is 4.05.